The monoisotopic (exact) mass is 273 g/mol. The van der Waals surface area contributed by atoms with Crippen LogP contribution >= 0.6 is 0 Å². The molecule has 104 valence electrons. The number of rotatable bonds is 3. The lowest BCUT2D eigenvalue weighted by molar-refractivity contribution is -0.118. The fourth-order valence-electron chi connectivity index (χ4n) is 2.11. The van der Waals surface area contributed by atoms with Crippen LogP contribution in [0.25, 0.3) is 5.69 Å². The van der Waals surface area contributed by atoms with Gasteiger partial charge in [-0.1, -0.05) is 12.1 Å². The number of carbonyl (C=O) groups excluding carboxylic acids is 1. The van der Waals surface area contributed by atoms with Crippen molar-refractivity contribution in [2.24, 2.45) is 5.10 Å². The quantitative estimate of drug-likeness (QED) is 0.678. The molecule has 2 rings (SSSR count). The SMILES string of the molecule is CC(=O)N/N=C/c1cc(C)n(-c2ccccc2F)c1C. The zero-order chi connectivity index (χ0) is 14.7. The summed E-state index contributed by atoms with van der Waals surface area (Å²) in [5, 5.41) is 3.84. The largest absolute Gasteiger partial charge is 0.315 e. The maximum atomic E-state index is 13.9. The standard InChI is InChI=1S/C15H16FN3O/c1-10-8-13(9-17-18-12(3)20)11(2)19(10)15-7-5-4-6-14(15)16/h4-9H,1-3H3,(H,18,20)/b17-9+. The van der Waals surface area contributed by atoms with Crippen molar-refractivity contribution in [2.45, 2.75) is 20.8 Å². The van der Waals surface area contributed by atoms with Gasteiger partial charge in [0.25, 0.3) is 0 Å². The van der Waals surface area contributed by atoms with Crippen molar-refractivity contribution in [3.8, 4) is 5.69 Å². The molecule has 0 atom stereocenters. The summed E-state index contributed by atoms with van der Waals surface area (Å²) in [6, 6.07) is 8.50. The van der Waals surface area contributed by atoms with E-state index in [4.69, 9.17) is 0 Å². The Morgan fingerprint density at radius 3 is 2.70 bits per heavy atom. The Bertz CT molecular complexity index is 674. The van der Waals surface area contributed by atoms with E-state index in [9.17, 15) is 9.18 Å². The minimum Gasteiger partial charge on any atom is -0.315 e. The Balaban J connectivity index is 2.42. The van der Waals surface area contributed by atoms with Gasteiger partial charge in [0.15, 0.2) is 0 Å². The molecule has 1 N–H and O–H groups in total. The molecule has 1 aromatic carbocycles. The van der Waals surface area contributed by atoms with Crippen LogP contribution in [-0.4, -0.2) is 16.7 Å². The van der Waals surface area contributed by atoms with Crippen LogP contribution < -0.4 is 5.43 Å². The number of carbonyl (C=O) groups is 1. The van der Waals surface area contributed by atoms with Crippen molar-refractivity contribution in [3.05, 3.63) is 53.1 Å². The van der Waals surface area contributed by atoms with Crippen LogP contribution in [0, 0.1) is 19.7 Å². The van der Waals surface area contributed by atoms with Gasteiger partial charge in [-0.3, -0.25) is 4.79 Å². The van der Waals surface area contributed by atoms with Crippen LogP contribution in [0.4, 0.5) is 4.39 Å². The first-order valence-electron chi connectivity index (χ1n) is 6.24. The van der Waals surface area contributed by atoms with Crippen molar-refractivity contribution < 1.29 is 9.18 Å². The third-order valence-electron chi connectivity index (χ3n) is 2.99. The van der Waals surface area contributed by atoms with E-state index < -0.39 is 0 Å². The molecule has 0 bridgehead atoms. The van der Waals surface area contributed by atoms with Gasteiger partial charge in [-0.15, -0.1) is 0 Å². The number of aromatic nitrogens is 1. The summed E-state index contributed by atoms with van der Waals surface area (Å²) in [7, 11) is 0. The number of hydrogen-bond donors (Lipinski definition) is 1. The van der Waals surface area contributed by atoms with Crippen LogP contribution in [0.3, 0.4) is 0 Å². The topological polar surface area (TPSA) is 46.4 Å². The van der Waals surface area contributed by atoms with Gasteiger partial charge in [0.1, 0.15) is 5.82 Å². The van der Waals surface area contributed by atoms with Crippen LogP contribution in [-0.2, 0) is 4.79 Å². The van der Waals surface area contributed by atoms with E-state index >= 15 is 0 Å². The van der Waals surface area contributed by atoms with Gasteiger partial charge >= 0.3 is 0 Å². The predicted molar refractivity (Wildman–Crippen MR) is 76.6 cm³/mol. The second kappa shape index (κ2) is 5.69. The molecule has 4 nitrogen and oxygen atoms in total. The third kappa shape index (κ3) is 2.77. The summed E-state index contributed by atoms with van der Waals surface area (Å²) in [5.41, 5.74) is 5.45. The molecule has 0 radical (unpaired) electrons. The van der Waals surface area contributed by atoms with Crippen LogP contribution in [0.2, 0.25) is 0 Å². The highest BCUT2D eigenvalue weighted by atomic mass is 19.1. The van der Waals surface area contributed by atoms with Crippen molar-refractivity contribution in [1.29, 1.82) is 0 Å². The average Bonchev–Trinajstić information content (AvgIpc) is 2.65. The molecule has 1 heterocycles. The van der Waals surface area contributed by atoms with E-state index in [1.807, 2.05) is 24.5 Å². The number of benzene rings is 1. The summed E-state index contributed by atoms with van der Waals surface area (Å²) in [4.78, 5) is 10.8. The summed E-state index contributed by atoms with van der Waals surface area (Å²) < 4.78 is 15.7. The normalized spacial score (nSPS) is 11.0. The smallest absolute Gasteiger partial charge is 0.236 e. The molecule has 5 heteroatoms. The lowest BCUT2D eigenvalue weighted by atomic mass is 10.2. The number of para-hydroxylation sites is 1. The predicted octanol–water partition coefficient (Wildman–Crippen LogP) is 2.70. The average molecular weight is 273 g/mol. The minimum atomic E-state index is -0.278. The van der Waals surface area contributed by atoms with Crippen molar-refractivity contribution in [2.75, 3.05) is 0 Å². The summed E-state index contributed by atoms with van der Waals surface area (Å²) in [6.07, 6.45) is 1.56. The van der Waals surface area contributed by atoms with Crippen LogP contribution in [0.15, 0.2) is 35.4 Å². The molecule has 0 aliphatic carbocycles. The molecule has 0 aliphatic heterocycles. The van der Waals surface area contributed by atoms with Gasteiger partial charge in [0.05, 0.1) is 11.9 Å². The van der Waals surface area contributed by atoms with E-state index in [1.54, 1.807) is 24.4 Å². The summed E-state index contributed by atoms with van der Waals surface area (Å²) in [5.74, 6) is -0.510. The fourth-order valence-corrected chi connectivity index (χ4v) is 2.11. The number of nitrogens with zero attached hydrogens (tertiary/aromatic N) is 2. The molecule has 1 amide bonds. The zero-order valence-electron chi connectivity index (χ0n) is 11.6. The zero-order valence-corrected chi connectivity index (χ0v) is 11.6. The van der Waals surface area contributed by atoms with Crippen molar-refractivity contribution in [1.82, 2.24) is 9.99 Å². The molecule has 0 saturated heterocycles. The molecular weight excluding hydrogens is 257 g/mol. The summed E-state index contributed by atoms with van der Waals surface area (Å²) in [6.45, 7) is 5.17. The Labute approximate surface area is 116 Å². The van der Waals surface area contributed by atoms with E-state index in [-0.39, 0.29) is 11.7 Å². The number of hydrazone groups is 1. The first kappa shape index (κ1) is 14.0. The number of aryl methyl sites for hydroxylation is 1. The van der Waals surface area contributed by atoms with E-state index in [0.717, 1.165) is 17.0 Å². The molecule has 20 heavy (non-hydrogen) atoms. The number of amides is 1. The summed E-state index contributed by atoms with van der Waals surface area (Å²) >= 11 is 0. The van der Waals surface area contributed by atoms with Gasteiger partial charge in [-0.05, 0) is 32.0 Å². The van der Waals surface area contributed by atoms with Gasteiger partial charge in [-0.2, -0.15) is 5.10 Å². The molecule has 2 aromatic rings. The highest BCUT2D eigenvalue weighted by Crippen LogP contribution is 2.21. The maximum absolute atomic E-state index is 13.9. The minimum absolute atomic E-state index is 0.232. The first-order chi connectivity index (χ1) is 9.50. The lowest BCUT2D eigenvalue weighted by Gasteiger charge is -2.10. The molecule has 0 unspecified atom stereocenters. The molecular formula is C15H16FN3O. The highest BCUT2D eigenvalue weighted by molar-refractivity contribution is 5.83. The Morgan fingerprint density at radius 1 is 1.35 bits per heavy atom. The van der Waals surface area contributed by atoms with Crippen molar-refractivity contribution in [3.63, 3.8) is 0 Å². The highest BCUT2D eigenvalue weighted by Gasteiger charge is 2.12. The Hall–Kier alpha value is -2.43. The van der Waals surface area contributed by atoms with E-state index in [2.05, 4.69) is 10.5 Å². The molecule has 0 fully saturated rings. The Morgan fingerprint density at radius 2 is 2.05 bits per heavy atom. The molecule has 0 saturated carbocycles. The fraction of sp³-hybridized carbons (Fsp3) is 0.200. The van der Waals surface area contributed by atoms with Gasteiger partial charge in [-0.25, -0.2) is 9.82 Å². The number of nitrogens with one attached hydrogen (secondary N) is 1. The number of halogens is 1. The van der Waals surface area contributed by atoms with Gasteiger partial charge in [0, 0.05) is 23.9 Å². The van der Waals surface area contributed by atoms with Crippen molar-refractivity contribution >= 4 is 12.1 Å². The van der Waals surface area contributed by atoms with Gasteiger partial charge < -0.3 is 4.57 Å². The lowest BCUT2D eigenvalue weighted by Crippen LogP contribution is -2.12. The van der Waals surface area contributed by atoms with E-state index in [1.165, 1.54) is 13.0 Å². The molecule has 0 spiro atoms. The Kier molecular flexibility index (Phi) is 3.98. The van der Waals surface area contributed by atoms with E-state index in [0.29, 0.717) is 5.69 Å². The number of hydrogen-bond acceptors (Lipinski definition) is 2. The van der Waals surface area contributed by atoms with Crippen LogP contribution in [0.1, 0.15) is 23.9 Å². The maximum Gasteiger partial charge on any atom is 0.236 e. The molecule has 1 aromatic heterocycles. The van der Waals surface area contributed by atoms with Gasteiger partial charge in [0.2, 0.25) is 5.91 Å². The van der Waals surface area contributed by atoms with Crippen LogP contribution in [0.5, 0.6) is 0 Å². The third-order valence-corrected chi connectivity index (χ3v) is 2.99. The first-order valence-corrected chi connectivity index (χ1v) is 6.24. The second-order valence-electron chi connectivity index (χ2n) is 4.54. The second-order valence-corrected chi connectivity index (χ2v) is 4.54. The molecule has 0 aliphatic rings.